The van der Waals surface area contributed by atoms with Crippen LogP contribution in [0.4, 0.5) is 5.69 Å². The van der Waals surface area contributed by atoms with E-state index in [2.05, 4.69) is 10.3 Å². The van der Waals surface area contributed by atoms with Gasteiger partial charge < -0.3 is 11.1 Å². The highest BCUT2D eigenvalue weighted by Gasteiger charge is 2.27. The van der Waals surface area contributed by atoms with E-state index in [1.54, 1.807) is 6.07 Å². The second-order valence-corrected chi connectivity index (χ2v) is 7.52. The number of carbonyl (C=O) groups excluding carboxylic acids is 1. The number of rotatable bonds is 3. The van der Waals surface area contributed by atoms with E-state index in [0.29, 0.717) is 5.69 Å². The molecule has 2 atom stereocenters. The third-order valence-corrected chi connectivity index (χ3v) is 4.79. The summed E-state index contributed by atoms with van der Waals surface area (Å²) in [7, 11) is -3.33. The van der Waals surface area contributed by atoms with Gasteiger partial charge in [0, 0.05) is 12.3 Å². The normalized spacial score (nSPS) is 23.3. The van der Waals surface area contributed by atoms with Crippen molar-refractivity contribution in [2.75, 3.05) is 11.6 Å². The molecule has 1 aliphatic rings. The quantitative estimate of drug-likeness (QED) is 0.820. The first-order valence-corrected chi connectivity index (χ1v) is 8.99. The largest absolute Gasteiger partial charge is 0.327 e. The molecule has 2 unspecified atom stereocenters. The van der Waals surface area contributed by atoms with Crippen molar-refractivity contribution in [1.82, 2.24) is 4.98 Å². The van der Waals surface area contributed by atoms with Gasteiger partial charge in [-0.2, -0.15) is 0 Å². The van der Waals surface area contributed by atoms with Crippen molar-refractivity contribution >= 4 is 21.4 Å². The average molecular weight is 311 g/mol. The third kappa shape index (κ3) is 4.25. The molecule has 1 saturated carbocycles. The molecule has 1 fully saturated rings. The lowest BCUT2D eigenvalue weighted by molar-refractivity contribution is -0.120. The topological polar surface area (TPSA) is 102 Å². The second-order valence-electron chi connectivity index (χ2n) is 5.55. The van der Waals surface area contributed by atoms with Crippen LogP contribution in [0.25, 0.3) is 0 Å². The van der Waals surface area contributed by atoms with Gasteiger partial charge in [0.1, 0.15) is 0 Å². The molecule has 1 aromatic rings. The van der Waals surface area contributed by atoms with E-state index in [9.17, 15) is 13.2 Å². The van der Waals surface area contributed by atoms with Crippen LogP contribution in [0.3, 0.4) is 0 Å². The monoisotopic (exact) mass is 311 g/mol. The molecule has 0 aromatic carbocycles. The molecule has 1 heterocycles. The standard InChI is InChI=1S/C14H21N3O3S/c1-21(19,20)13-8-7-10(9-16-13)17-14(18)11-5-3-2-4-6-12(11)15/h7-9,11-12H,2-6,15H2,1H3,(H,17,18). The zero-order valence-electron chi connectivity index (χ0n) is 12.1. The summed E-state index contributed by atoms with van der Waals surface area (Å²) in [5.74, 6) is -0.305. The van der Waals surface area contributed by atoms with Gasteiger partial charge in [-0.25, -0.2) is 13.4 Å². The Bertz CT molecular complexity index is 598. The maximum absolute atomic E-state index is 12.3. The fraction of sp³-hybridized carbons (Fsp3) is 0.571. The lowest BCUT2D eigenvalue weighted by Gasteiger charge is -2.20. The minimum absolute atomic E-state index is 0.00772. The number of aromatic nitrogens is 1. The first-order chi connectivity index (χ1) is 9.88. The van der Waals surface area contributed by atoms with Gasteiger partial charge in [0.25, 0.3) is 0 Å². The zero-order chi connectivity index (χ0) is 15.5. The molecule has 1 amide bonds. The molecule has 3 N–H and O–H groups in total. The van der Waals surface area contributed by atoms with Crippen LogP contribution in [0, 0.1) is 5.92 Å². The van der Waals surface area contributed by atoms with E-state index in [1.165, 1.54) is 12.3 Å². The molecule has 116 valence electrons. The molecular formula is C14H21N3O3S. The third-order valence-electron chi connectivity index (χ3n) is 3.79. The Kier molecular flexibility index (Phi) is 4.95. The average Bonchev–Trinajstić information content (AvgIpc) is 2.63. The molecule has 6 nitrogen and oxygen atoms in total. The summed E-state index contributed by atoms with van der Waals surface area (Å²) in [5.41, 5.74) is 6.55. The number of sulfone groups is 1. The number of hydrogen-bond donors (Lipinski definition) is 2. The van der Waals surface area contributed by atoms with Gasteiger partial charge in [-0.3, -0.25) is 4.79 Å². The molecule has 0 bridgehead atoms. The van der Waals surface area contributed by atoms with Gasteiger partial charge in [0.2, 0.25) is 5.91 Å². The summed E-state index contributed by atoms with van der Waals surface area (Å²) in [6, 6.07) is 2.82. The lowest BCUT2D eigenvalue weighted by Crippen LogP contribution is -2.37. The van der Waals surface area contributed by atoms with E-state index in [-0.39, 0.29) is 22.9 Å². The Labute approximate surface area is 125 Å². The molecule has 0 saturated heterocycles. The van der Waals surface area contributed by atoms with E-state index in [0.717, 1.165) is 38.4 Å². The second kappa shape index (κ2) is 6.53. The molecule has 1 aliphatic carbocycles. The Hall–Kier alpha value is -1.47. The van der Waals surface area contributed by atoms with Crippen molar-refractivity contribution in [3.63, 3.8) is 0 Å². The summed E-state index contributed by atoms with van der Waals surface area (Å²) >= 11 is 0. The first kappa shape index (κ1) is 15.9. The van der Waals surface area contributed by atoms with E-state index in [1.807, 2.05) is 0 Å². The number of pyridine rings is 1. The predicted octanol–water partition coefficient (Wildman–Crippen LogP) is 1.33. The Balaban J connectivity index is 2.05. The molecule has 2 rings (SSSR count). The summed E-state index contributed by atoms with van der Waals surface area (Å²) in [5, 5.41) is 2.76. The number of carbonyl (C=O) groups is 1. The molecule has 0 aliphatic heterocycles. The van der Waals surface area contributed by atoms with Gasteiger partial charge in [0.05, 0.1) is 17.8 Å². The summed E-state index contributed by atoms with van der Waals surface area (Å²) in [4.78, 5) is 16.1. The fourth-order valence-corrected chi connectivity index (χ4v) is 3.13. The highest BCUT2D eigenvalue weighted by molar-refractivity contribution is 7.90. The van der Waals surface area contributed by atoms with Crippen LogP contribution in [-0.4, -0.2) is 31.6 Å². The van der Waals surface area contributed by atoms with E-state index < -0.39 is 9.84 Å². The molecular weight excluding hydrogens is 290 g/mol. The number of hydrogen-bond acceptors (Lipinski definition) is 5. The number of anilines is 1. The zero-order valence-corrected chi connectivity index (χ0v) is 12.9. The van der Waals surface area contributed by atoms with Crippen molar-refractivity contribution in [2.45, 2.75) is 43.2 Å². The van der Waals surface area contributed by atoms with Crippen molar-refractivity contribution in [1.29, 1.82) is 0 Å². The number of amides is 1. The maximum Gasteiger partial charge on any atom is 0.229 e. The summed E-state index contributed by atoms with van der Waals surface area (Å²) in [6.07, 6.45) is 7.30. The van der Waals surface area contributed by atoms with Crippen molar-refractivity contribution in [3.8, 4) is 0 Å². The van der Waals surface area contributed by atoms with Gasteiger partial charge in [-0.1, -0.05) is 19.3 Å². The van der Waals surface area contributed by atoms with Crippen LogP contribution in [0.1, 0.15) is 32.1 Å². The number of nitrogens with one attached hydrogen (secondary N) is 1. The number of nitrogens with zero attached hydrogens (tertiary/aromatic N) is 1. The van der Waals surface area contributed by atoms with Crippen LogP contribution in [0.15, 0.2) is 23.4 Å². The van der Waals surface area contributed by atoms with Gasteiger partial charge in [-0.05, 0) is 25.0 Å². The summed E-state index contributed by atoms with van der Waals surface area (Å²) < 4.78 is 22.7. The van der Waals surface area contributed by atoms with Gasteiger partial charge in [0.15, 0.2) is 14.9 Å². The fourth-order valence-electron chi connectivity index (χ4n) is 2.57. The van der Waals surface area contributed by atoms with Crippen LogP contribution < -0.4 is 11.1 Å². The molecule has 1 aromatic heterocycles. The molecule has 21 heavy (non-hydrogen) atoms. The van der Waals surface area contributed by atoms with Crippen LogP contribution in [-0.2, 0) is 14.6 Å². The Morgan fingerprint density at radius 3 is 2.62 bits per heavy atom. The van der Waals surface area contributed by atoms with E-state index >= 15 is 0 Å². The minimum Gasteiger partial charge on any atom is -0.327 e. The molecule has 0 radical (unpaired) electrons. The molecule has 0 spiro atoms. The molecule has 7 heteroatoms. The van der Waals surface area contributed by atoms with E-state index in [4.69, 9.17) is 5.73 Å². The van der Waals surface area contributed by atoms with Gasteiger partial charge in [-0.15, -0.1) is 0 Å². The maximum atomic E-state index is 12.3. The first-order valence-electron chi connectivity index (χ1n) is 7.10. The smallest absolute Gasteiger partial charge is 0.229 e. The lowest BCUT2D eigenvalue weighted by atomic mass is 9.94. The Morgan fingerprint density at radius 1 is 1.29 bits per heavy atom. The highest BCUT2D eigenvalue weighted by atomic mass is 32.2. The van der Waals surface area contributed by atoms with Crippen molar-refractivity contribution in [2.24, 2.45) is 11.7 Å². The highest BCUT2D eigenvalue weighted by Crippen LogP contribution is 2.23. The Morgan fingerprint density at radius 2 is 2.00 bits per heavy atom. The number of nitrogens with two attached hydrogens (primary N) is 1. The van der Waals surface area contributed by atoms with Crippen LogP contribution in [0.5, 0.6) is 0 Å². The van der Waals surface area contributed by atoms with Crippen LogP contribution in [0.2, 0.25) is 0 Å². The predicted molar refractivity (Wildman–Crippen MR) is 80.5 cm³/mol. The van der Waals surface area contributed by atoms with Gasteiger partial charge >= 0.3 is 0 Å². The SMILES string of the molecule is CS(=O)(=O)c1ccc(NC(=O)C2CCCCCC2N)cn1. The van der Waals surface area contributed by atoms with Crippen molar-refractivity contribution < 1.29 is 13.2 Å². The minimum atomic E-state index is -3.33. The van der Waals surface area contributed by atoms with Crippen LogP contribution >= 0.6 is 0 Å². The van der Waals surface area contributed by atoms with Crippen molar-refractivity contribution in [3.05, 3.63) is 18.3 Å². The summed E-state index contributed by atoms with van der Waals surface area (Å²) in [6.45, 7) is 0.